The van der Waals surface area contributed by atoms with Crippen molar-refractivity contribution in [3.63, 3.8) is 0 Å². The van der Waals surface area contributed by atoms with E-state index in [1.165, 1.54) is 11.1 Å². The molecule has 0 saturated heterocycles. The minimum atomic E-state index is -0.543. The second kappa shape index (κ2) is 5.78. The molecule has 0 aliphatic heterocycles. The first-order chi connectivity index (χ1) is 7.11. The summed E-state index contributed by atoms with van der Waals surface area (Å²) < 4.78 is 0. The molecule has 0 saturated carbocycles. The largest absolute Gasteiger partial charge is 0.368 e. The van der Waals surface area contributed by atoms with Crippen LogP contribution in [0.2, 0.25) is 0 Å². The van der Waals surface area contributed by atoms with Crippen LogP contribution in [0.3, 0.4) is 0 Å². The lowest BCUT2D eigenvalue weighted by molar-refractivity contribution is -0.118. The lowest BCUT2D eigenvalue weighted by Crippen LogP contribution is -2.38. The van der Waals surface area contributed by atoms with Gasteiger partial charge in [-0.25, -0.2) is 0 Å². The second-order valence-electron chi connectivity index (χ2n) is 3.45. The molecule has 15 heavy (non-hydrogen) atoms. The highest BCUT2D eigenvalue weighted by Crippen LogP contribution is 2.15. The van der Waals surface area contributed by atoms with Gasteiger partial charge in [0.2, 0.25) is 5.91 Å². The van der Waals surface area contributed by atoms with E-state index in [1.54, 1.807) is 11.8 Å². The number of benzene rings is 1. The average molecular weight is 224 g/mol. The zero-order valence-corrected chi connectivity index (χ0v) is 9.59. The highest BCUT2D eigenvalue weighted by atomic mass is 32.2. The topological polar surface area (TPSA) is 69.1 Å². The van der Waals surface area contributed by atoms with Crippen LogP contribution < -0.4 is 11.5 Å². The van der Waals surface area contributed by atoms with Crippen molar-refractivity contribution >= 4 is 17.7 Å². The molecule has 0 aliphatic rings. The van der Waals surface area contributed by atoms with Gasteiger partial charge in [-0.05, 0) is 18.1 Å². The highest BCUT2D eigenvalue weighted by molar-refractivity contribution is 7.98. The minimum absolute atomic E-state index is 0.438. The van der Waals surface area contributed by atoms with Crippen LogP contribution in [0.5, 0.6) is 0 Å². The minimum Gasteiger partial charge on any atom is -0.368 e. The van der Waals surface area contributed by atoms with E-state index >= 15 is 0 Å². The van der Waals surface area contributed by atoms with Crippen LogP contribution in [-0.2, 0) is 10.5 Å². The Morgan fingerprint density at radius 3 is 2.73 bits per heavy atom. The number of carbonyl (C=O) groups is 1. The predicted molar refractivity (Wildman–Crippen MR) is 64.5 cm³/mol. The summed E-state index contributed by atoms with van der Waals surface area (Å²) in [6.07, 6.45) is 0. The standard InChI is InChI=1S/C11H16N2OS/c1-8-4-2-3-5-9(8)6-15-7-10(12)11(13)14/h2-5,10H,6-7,12H2,1H3,(H2,13,14). The van der Waals surface area contributed by atoms with Crippen LogP contribution in [-0.4, -0.2) is 17.7 Å². The summed E-state index contributed by atoms with van der Waals surface area (Å²) in [6.45, 7) is 2.07. The van der Waals surface area contributed by atoms with E-state index in [0.29, 0.717) is 5.75 Å². The van der Waals surface area contributed by atoms with Crippen molar-refractivity contribution in [2.75, 3.05) is 5.75 Å². The van der Waals surface area contributed by atoms with Crippen molar-refractivity contribution in [3.8, 4) is 0 Å². The Kier molecular flexibility index (Phi) is 4.65. The molecule has 82 valence electrons. The van der Waals surface area contributed by atoms with E-state index in [4.69, 9.17) is 11.5 Å². The first-order valence-corrected chi connectivity index (χ1v) is 5.94. The molecule has 1 atom stereocenters. The van der Waals surface area contributed by atoms with E-state index in [9.17, 15) is 4.79 Å². The second-order valence-corrected chi connectivity index (χ2v) is 4.48. The molecule has 1 aromatic carbocycles. The maximum absolute atomic E-state index is 10.7. The van der Waals surface area contributed by atoms with Gasteiger partial charge >= 0.3 is 0 Å². The fourth-order valence-electron chi connectivity index (χ4n) is 1.15. The number of carbonyl (C=O) groups excluding carboxylic acids is 1. The van der Waals surface area contributed by atoms with E-state index in [2.05, 4.69) is 19.1 Å². The Balaban J connectivity index is 2.38. The Bertz CT molecular complexity index is 341. The molecule has 0 bridgehead atoms. The first-order valence-electron chi connectivity index (χ1n) is 4.78. The molecule has 4 N–H and O–H groups in total. The van der Waals surface area contributed by atoms with E-state index in [-0.39, 0.29) is 0 Å². The zero-order valence-electron chi connectivity index (χ0n) is 8.77. The number of nitrogens with two attached hydrogens (primary N) is 2. The molecular weight excluding hydrogens is 208 g/mol. The number of amides is 1. The van der Waals surface area contributed by atoms with Crippen molar-refractivity contribution in [1.82, 2.24) is 0 Å². The summed E-state index contributed by atoms with van der Waals surface area (Å²) in [7, 11) is 0. The van der Waals surface area contributed by atoms with Crippen molar-refractivity contribution < 1.29 is 4.79 Å². The predicted octanol–water partition coefficient (Wildman–Crippen LogP) is 1.04. The molecule has 1 aromatic rings. The fourth-order valence-corrected chi connectivity index (χ4v) is 2.23. The van der Waals surface area contributed by atoms with Gasteiger partial charge in [0.15, 0.2) is 0 Å². The van der Waals surface area contributed by atoms with Crippen molar-refractivity contribution in [2.24, 2.45) is 11.5 Å². The maximum Gasteiger partial charge on any atom is 0.235 e. The van der Waals surface area contributed by atoms with Crippen molar-refractivity contribution in [3.05, 3.63) is 35.4 Å². The average Bonchev–Trinajstić information content (AvgIpc) is 2.20. The normalized spacial score (nSPS) is 12.4. The number of hydrogen-bond acceptors (Lipinski definition) is 3. The van der Waals surface area contributed by atoms with Crippen LogP contribution in [0.25, 0.3) is 0 Å². The fraction of sp³-hybridized carbons (Fsp3) is 0.364. The summed E-state index contributed by atoms with van der Waals surface area (Å²) in [5.41, 5.74) is 13.1. The quantitative estimate of drug-likeness (QED) is 0.785. The summed E-state index contributed by atoms with van der Waals surface area (Å²) >= 11 is 1.63. The molecule has 0 spiro atoms. The first kappa shape index (κ1) is 12.1. The molecule has 1 unspecified atom stereocenters. The molecule has 0 radical (unpaired) electrons. The lowest BCUT2D eigenvalue weighted by Gasteiger charge is -2.08. The molecule has 3 nitrogen and oxygen atoms in total. The molecular formula is C11H16N2OS. The molecule has 0 aliphatic carbocycles. The Morgan fingerprint density at radius 1 is 1.47 bits per heavy atom. The van der Waals surface area contributed by atoms with Gasteiger partial charge in [0.25, 0.3) is 0 Å². The maximum atomic E-state index is 10.7. The summed E-state index contributed by atoms with van der Waals surface area (Å²) in [5.74, 6) is 1.00. The molecule has 0 aromatic heterocycles. The number of aryl methyl sites for hydroxylation is 1. The Labute approximate surface area is 94.2 Å². The molecule has 0 fully saturated rings. The molecule has 0 heterocycles. The number of primary amides is 1. The van der Waals surface area contributed by atoms with Crippen LogP contribution in [0, 0.1) is 6.92 Å². The van der Waals surface area contributed by atoms with Gasteiger partial charge in [0.05, 0.1) is 6.04 Å². The van der Waals surface area contributed by atoms with E-state index in [1.807, 2.05) is 12.1 Å². The third-order valence-corrected chi connectivity index (χ3v) is 3.29. The summed E-state index contributed by atoms with van der Waals surface area (Å²) in [4.78, 5) is 10.7. The van der Waals surface area contributed by atoms with Gasteiger partial charge in [0, 0.05) is 11.5 Å². The van der Waals surface area contributed by atoms with Crippen molar-refractivity contribution in [1.29, 1.82) is 0 Å². The molecule has 1 amide bonds. The van der Waals surface area contributed by atoms with Crippen LogP contribution in [0.15, 0.2) is 24.3 Å². The molecule has 4 heteroatoms. The number of thioether (sulfide) groups is 1. The van der Waals surface area contributed by atoms with Gasteiger partial charge in [-0.15, -0.1) is 0 Å². The molecule has 1 rings (SSSR count). The highest BCUT2D eigenvalue weighted by Gasteiger charge is 2.08. The van der Waals surface area contributed by atoms with Gasteiger partial charge in [-0.3, -0.25) is 4.79 Å². The van der Waals surface area contributed by atoms with E-state index in [0.717, 1.165) is 5.75 Å². The van der Waals surface area contributed by atoms with Crippen LogP contribution >= 0.6 is 11.8 Å². The summed E-state index contributed by atoms with van der Waals surface area (Å²) in [5, 5.41) is 0. The number of rotatable bonds is 5. The smallest absolute Gasteiger partial charge is 0.235 e. The number of hydrogen-bond donors (Lipinski definition) is 2. The van der Waals surface area contributed by atoms with Crippen LogP contribution in [0.1, 0.15) is 11.1 Å². The van der Waals surface area contributed by atoms with Gasteiger partial charge in [-0.2, -0.15) is 11.8 Å². The SMILES string of the molecule is Cc1ccccc1CSCC(N)C(N)=O. The Hall–Kier alpha value is -1.00. The van der Waals surface area contributed by atoms with E-state index < -0.39 is 11.9 Å². The zero-order chi connectivity index (χ0) is 11.3. The summed E-state index contributed by atoms with van der Waals surface area (Å²) in [6, 6.07) is 7.64. The lowest BCUT2D eigenvalue weighted by atomic mass is 10.1. The van der Waals surface area contributed by atoms with Gasteiger partial charge < -0.3 is 11.5 Å². The van der Waals surface area contributed by atoms with Gasteiger partial charge in [0.1, 0.15) is 0 Å². The third kappa shape index (κ3) is 3.93. The monoisotopic (exact) mass is 224 g/mol. The van der Waals surface area contributed by atoms with Crippen molar-refractivity contribution in [2.45, 2.75) is 18.7 Å². The third-order valence-electron chi connectivity index (χ3n) is 2.18. The van der Waals surface area contributed by atoms with Crippen LogP contribution in [0.4, 0.5) is 0 Å². The Morgan fingerprint density at radius 2 is 2.13 bits per heavy atom. The van der Waals surface area contributed by atoms with Gasteiger partial charge in [-0.1, -0.05) is 24.3 Å².